The molecule has 4 rings (SSSR count). The van der Waals surface area contributed by atoms with E-state index < -0.39 is 6.10 Å². The molecule has 0 saturated carbocycles. The molecule has 142 valence electrons. The van der Waals surface area contributed by atoms with E-state index in [9.17, 15) is 9.50 Å². The van der Waals surface area contributed by atoms with Gasteiger partial charge in [-0.3, -0.25) is 0 Å². The van der Waals surface area contributed by atoms with Crippen LogP contribution in [0.5, 0.6) is 0 Å². The van der Waals surface area contributed by atoms with Gasteiger partial charge in [-0.15, -0.1) is 0 Å². The number of halogens is 2. The smallest absolute Gasteiger partial charge is 0.186 e. The van der Waals surface area contributed by atoms with Crippen LogP contribution in [0.25, 0.3) is 10.2 Å². The second-order valence-corrected chi connectivity index (χ2v) is 7.77. The molecule has 0 bridgehead atoms. The van der Waals surface area contributed by atoms with Crippen LogP contribution in [0, 0.1) is 5.82 Å². The Hall–Kier alpha value is -2.00. The number of piperazine rings is 1. The summed E-state index contributed by atoms with van der Waals surface area (Å²) in [7, 11) is 0. The summed E-state index contributed by atoms with van der Waals surface area (Å²) in [5.41, 5.74) is 1.30. The van der Waals surface area contributed by atoms with Gasteiger partial charge in [0.25, 0.3) is 0 Å². The molecule has 0 unspecified atom stereocenters. The first-order valence-electron chi connectivity index (χ1n) is 8.55. The highest BCUT2D eigenvalue weighted by Crippen LogP contribution is 2.31. The summed E-state index contributed by atoms with van der Waals surface area (Å²) >= 11 is 7.82. The number of benzene rings is 1. The Morgan fingerprint density at radius 3 is 2.63 bits per heavy atom. The van der Waals surface area contributed by atoms with Crippen LogP contribution in [0.1, 0.15) is 11.7 Å². The molecule has 0 spiro atoms. The summed E-state index contributed by atoms with van der Waals surface area (Å²) in [6.45, 7) is 2.57. The standard InChI is InChI=1S/C18H18ClFN4O2S/c19-13-7-11(15(26)10-25)9-21-17(13)23-3-5-24(6-4-23)18-22-14-2-1-12(20)8-16(14)27-18/h1-2,7-9,15,25-26H,3-6,10H2/t15-/m1/s1. The lowest BCUT2D eigenvalue weighted by atomic mass is 10.1. The number of nitrogens with zero attached hydrogens (tertiary/aromatic N) is 4. The maximum Gasteiger partial charge on any atom is 0.186 e. The van der Waals surface area contributed by atoms with E-state index in [0.29, 0.717) is 16.4 Å². The summed E-state index contributed by atoms with van der Waals surface area (Å²) < 4.78 is 14.2. The fourth-order valence-electron chi connectivity index (χ4n) is 3.10. The maximum atomic E-state index is 13.4. The topological polar surface area (TPSA) is 72.7 Å². The molecule has 2 aromatic heterocycles. The number of hydrogen-bond donors (Lipinski definition) is 2. The highest BCUT2D eigenvalue weighted by molar-refractivity contribution is 7.22. The van der Waals surface area contributed by atoms with Crippen LogP contribution in [0.2, 0.25) is 5.02 Å². The number of aromatic nitrogens is 2. The van der Waals surface area contributed by atoms with Crippen molar-refractivity contribution in [3.05, 3.63) is 46.9 Å². The Morgan fingerprint density at radius 2 is 1.93 bits per heavy atom. The van der Waals surface area contributed by atoms with Gasteiger partial charge in [-0.2, -0.15) is 0 Å². The Kier molecular flexibility index (Phi) is 5.14. The van der Waals surface area contributed by atoms with Gasteiger partial charge in [0.05, 0.1) is 21.8 Å². The van der Waals surface area contributed by atoms with Gasteiger partial charge < -0.3 is 20.0 Å². The molecule has 27 heavy (non-hydrogen) atoms. The van der Waals surface area contributed by atoms with E-state index in [1.54, 1.807) is 12.1 Å². The van der Waals surface area contributed by atoms with Gasteiger partial charge >= 0.3 is 0 Å². The number of fused-ring (bicyclic) bond motifs is 1. The molecule has 1 aromatic carbocycles. The van der Waals surface area contributed by atoms with E-state index in [2.05, 4.69) is 19.8 Å². The van der Waals surface area contributed by atoms with Gasteiger partial charge in [0.2, 0.25) is 0 Å². The number of pyridine rings is 1. The lowest BCUT2D eigenvalue weighted by molar-refractivity contribution is 0.0953. The van der Waals surface area contributed by atoms with E-state index in [4.69, 9.17) is 16.7 Å². The number of rotatable bonds is 4. The van der Waals surface area contributed by atoms with Crippen molar-refractivity contribution in [2.45, 2.75) is 6.10 Å². The molecule has 0 aliphatic carbocycles. The average molecular weight is 409 g/mol. The van der Waals surface area contributed by atoms with Crippen molar-refractivity contribution in [2.24, 2.45) is 0 Å². The molecule has 2 N–H and O–H groups in total. The van der Waals surface area contributed by atoms with Gasteiger partial charge in [0.1, 0.15) is 17.7 Å². The molecule has 1 atom stereocenters. The van der Waals surface area contributed by atoms with Gasteiger partial charge in [0.15, 0.2) is 5.13 Å². The second kappa shape index (κ2) is 7.55. The molecule has 1 aliphatic heterocycles. The van der Waals surface area contributed by atoms with Crippen LogP contribution in [0.4, 0.5) is 15.3 Å². The Morgan fingerprint density at radius 1 is 1.19 bits per heavy atom. The van der Waals surface area contributed by atoms with E-state index in [-0.39, 0.29) is 12.4 Å². The maximum absolute atomic E-state index is 13.4. The van der Waals surface area contributed by atoms with Crippen LogP contribution in [-0.4, -0.2) is 53.0 Å². The highest BCUT2D eigenvalue weighted by Gasteiger charge is 2.23. The quantitative estimate of drug-likeness (QED) is 0.691. The number of anilines is 2. The van der Waals surface area contributed by atoms with Crippen molar-refractivity contribution in [1.29, 1.82) is 0 Å². The predicted molar refractivity (Wildman–Crippen MR) is 105 cm³/mol. The fourth-order valence-corrected chi connectivity index (χ4v) is 4.43. The normalized spacial score (nSPS) is 16.1. The van der Waals surface area contributed by atoms with Crippen molar-refractivity contribution in [3.8, 4) is 0 Å². The molecular formula is C18H18ClFN4O2S. The van der Waals surface area contributed by atoms with Gasteiger partial charge in [-0.05, 0) is 24.3 Å². The minimum absolute atomic E-state index is 0.252. The Labute approximate surface area is 164 Å². The third-order valence-electron chi connectivity index (χ3n) is 4.59. The molecule has 1 fully saturated rings. The number of aliphatic hydroxyl groups is 2. The molecule has 0 amide bonds. The molecule has 1 saturated heterocycles. The molecule has 9 heteroatoms. The number of aliphatic hydroxyl groups excluding tert-OH is 2. The lowest BCUT2D eigenvalue weighted by Gasteiger charge is -2.35. The van der Waals surface area contributed by atoms with E-state index in [1.807, 2.05) is 0 Å². The zero-order valence-corrected chi connectivity index (χ0v) is 15.9. The van der Waals surface area contributed by atoms with Gasteiger partial charge in [0, 0.05) is 37.9 Å². The Bertz CT molecular complexity index is 962. The van der Waals surface area contributed by atoms with Gasteiger partial charge in [-0.25, -0.2) is 14.4 Å². The molecular weight excluding hydrogens is 391 g/mol. The first-order chi connectivity index (χ1) is 13.0. The minimum Gasteiger partial charge on any atom is -0.393 e. The summed E-state index contributed by atoms with van der Waals surface area (Å²) in [6.07, 6.45) is 0.557. The molecule has 3 aromatic rings. The van der Waals surface area contributed by atoms with Crippen molar-refractivity contribution in [3.63, 3.8) is 0 Å². The SMILES string of the molecule is OC[C@@H](O)c1cnc(N2CCN(c3nc4ccc(F)cc4s3)CC2)c(Cl)c1. The summed E-state index contributed by atoms with van der Waals surface area (Å²) in [5.74, 6) is 0.412. The van der Waals surface area contributed by atoms with Crippen LogP contribution in [-0.2, 0) is 0 Å². The van der Waals surface area contributed by atoms with Crippen molar-refractivity contribution in [2.75, 3.05) is 42.6 Å². The van der Waals surface area contributed by atoms with Crippen molar-refractivity contribution >= 4 is 44.1 Å². The fraction of sp³-hybridized carbons (Fsp3) is 0.333. The summed E-state index contributed by atoms with van der Waals surface area (Å²) in [6, 6.07) is 6.28. The largest absolute Gasteiger partial charge is 0.393 e. The third kappa shape index (κ3) is 3.70. The predicted octanol–water partition coefficient (Wildman–Crippen LogP) is 2.84. The second-order valence-electron chi connectivity index (χ2n) is 6.36. The highest BCUT2D eigenvalue weighted by atomic mass is 35.5. The lowest BCUT2D eigenvalue weighted by Crippen LogP contribution is -2.47. The zero-order valence-electron chi connectivity index (χ0n) is 14.3. The molecule has 1 aliphatic rings. The molecule has 0 radical (unpaired) electrons. The number of hydrogen-bond acceptors (Lipinski definition) is 7. The average Bonchev–Trinajstić information content (AvgIpc) is 3.10. The van der Waals surface area contributed by atoms with Crippen LogP contribution in [0.15, 0.2) is 30.5 Å². The first-order valence-corrected chi connectivity index (χ1v) is 9.75. The van der Waals surface area contributed by atoms with Crippen LogP contribution >= 0.6 is 22.9 Å². The number of thiazole rings is 1. The van der Waals surface area contributed by atoms with Gasteiger partial charge in [-0.1, -0.05) is 22.9 Å². The first kappa shape index (κ1) is 18.4. The minimum atomic E-state index is -0.982. The van der Waals surface area contributed by atoms with E-state index >= 15 is 0 Å². The van der Waals surface area contributed by atoms with Crippen LogP contribution in [0.3, 0.4) is 0 Å². The Balaban J connectivity index is 1.46. The third-order valence-corrected chi connectivity index (χ3v) is 5.95. The summed E-state index contributed by atoms with van der Waals surface area (Å²) in [4.78, 5) is 13.2. The summed E-state index contributed by atoms with van der Waals surface area (Å²) in [5, 5.41) is 20.1. The molecule has 6 nitrogen and oxygen atoms in total. The van der Waals surface area contributed by atoms with E-state index in [0.717, 1.165) is 41.5 Å². The van der Waals surface area contributed by atoms with Crippen LogP contribution < -0.4 is 9.80 Å². The zero-order chi connectivity index (χ0) is 19.0. The van der Waals surface area contributed by atoms with Crippen molar-refractivity contribution in [1.82, 2.24) is 9.97 Å². The monoisotopic (exact) mass is 408 g/mol. The molecule has 3 heterocycles. The van der Waals surface area contributed by atoms with Crippen molar-refractivity contribution < 1.29 is 14.6 Å². The van der Waals surface area contributed by atoms with E-state index in [1.165, 1.54) is 29.7 Å².